The van der Waals surface area contributed by atoms with Crippen molar-refractivity contribution in [3.63, 3.8) is 0 Å². The van der Waals surface area contributed by atoms with Crippen molar-refractivity contribution in [2.45, 2.75) is 53.0 Å². The third kappa shape index (κ3) is 4.50. The predicted molar refractivity (Wildman–Crippen MR) is 117 cm³/mol. The van der Waals surface area contributed by atoms with Gasteiger partial charge in [-0.1, -0.05) is 58.9 Å². The van der Waals surface area contributed by atoms with E-state index in [0.29, 0.717) is 17.1 Å². The maximum Gasteiger partial charge on any atom is 0.264 e. The molecule has 1 atom stereocenters. The van der Waals surface area contributed by atoms with Gasteiger partial charge in [0.2, 0.25) is 0 Å². The molecule has 2 heterocycles. The third-order valence-electron chi connectivity index (χ3n) is 5.22. The van der Waals surface area contributed by atoms with Crippen LogP contribution in [0.3, 0.4) is 0 Å². The van der Waals surface area contributed by atoms with Crippen LogP contribution in [0.15, 0.2) is 47.4 Å². The summed E-state index contributed by atoms with van der Waals surface area (Å²) in [5.74, 6) is 0.469. The summed E-state index contributed by atoms with van der Waals surface area (Å²) in [4.78, 5) is 24.3. The maximum atomic E-state index is 13.0. The Balaban J connectivity index is 1.84. The van der Waals surface area contributed by atoms with Crippen molar-refractivity contribution in [1.82, 2.24) is 25.3 Å². The second-order valence-corrected chi connectivity index (χ2v) is 8.90. The lowest BCUT2D eigenvalue weighted by atomic mass is 9.85. The Morgan fingerprint density at radius 2 is 1.77 bits per heavy atom. The van der Waals surface area contributed by atoms with Crippen LogP contribution in [0.4, 0.5) is 0 Å². The molecule has 0 fully saturated rings. The van der Waals surface area contributed by atoms with E-state index in [4.69, 9.17) is 0 Å². The molecule has 158 valence electrons. The molecule has 3 aromatic rings. The highest BCUT2D eigenvalue weighted by Crippen LogP contribution is 2.27. The van der Waals surface area contributed by atoms with Crippen LogP contribution in [-0.2, 0) is 5.41 Å². The molecule has 2 aromatic heterocycles. The van der Waals surface area contributed by atoms with E-state index < -0.39 is 0 Å². The zero-order chi connectivity index (χ0) is 22.1. The number of rotatable bonds is 5. The fourth-order valence-electron chi connectivity index (χ4n) is 3.36. The lowest BCUT2D eigenvalue weighted by molar-refractivity contribution is 0.0925. The van der Waals surface area contributed by atoms with Crippen LogP contribution in [0, 0.1) is 12.8 Å². The number of amides is 1. The molecule has 0 saturated carbocycles. The van der Waals surface area contributed by atoms with Crippen molar-refractivity contribution in [3.8, 4) is 5.82 Å². The van der Waals surface area contributed by atoms with Gasteiger partial charge in [-0.25, -0.2) is 9.78 Å². The smallest absolute Gasteiger partial charge is 0.264 e. The number of carbonyl (C=O) groups is 1. The molecule has 0 radical (unpaired) electrons. The summed E-state index contributed by atoms with van der Waals surface area (Å²) in [5, 5.41) is 13.8. The molecule has 1 aromatic carbocycles. The fraction of sp³-hybridized carbons (Fsp3) is 0.391. The second-order valence-electron chi connectivity index (χ2n) is 8.90. The minimum atomic E-state index is -0.293. The number of hydrogen-bond acceptors (Lipinski definition) is 4. The Morgan fingerprint density at radius 1 is 1.10 bits per heavy atom. The van der Waals surface area contributed by atoms with Crippen LogP contribution in [0.25, 0.3) is 5.82 Å². The highest BCUT2D eigenvalue weighted by atomic mass is 16.1. The Labute approximate surface area is 176 Å². The molecule has 7 heteroatoms. The maximum absolute atomic E-state index is 13.0. The zero-order valence-electron chi connectivity index (χ0n) is 18.4. The molecule has 7 nitrogen and oxygen atoms in total. The lowest BCUT2D eigenvalue weighted by Gasteiger charge is -2.25. The number of carbonyl (C=O) groups excluding carboxylic acids is 1. The minimum absolute atomic E-state index is 0.0799. The molecular weight excluding hydrogens is 378 g/mol. The van der Waals surface area contributed by atoms with Crippen molar-refractivity contribution in [1.29, 1.82) is 0 Å². The van der Waals surface area contributed by atoms with Crippen LogP contribution in [-0.4, -0.2) is 25.9 Å². The van der Waals surface area contributed by atoms with Crippen LogP contribution in [0.1, 0.15) is 67.8 Å². The van der Waals surface area contributed by atoms with Gasteiger partial charge in [0.15, 0.2) is 5.82 Å². The largest absolute Gasteiger partial charge is 0.345 e. The van der Waals surface area contributed by atoms with E-state index in [1.807, 2.05) is 0 Å². The highest BCUT2D eigenvalue weighted by Gasteiger charge is 2.23. The van der Waals surface area contributed by atoms with Crippen molar-refractivity contribution in [3.05, 3.63) is 75.3 Å². The Morgan fingerprint density at radius 3 is 2.30 bits per heavy atom. The molecule has 1 amide bonds. The van der Waals surface area contributed by atoms with Gasteiger partial charge in [0.05, 0.1) is 23.5 Å². The predicted octanol–water partition coefficient (Wildman–Crippen LogP) is 3.69. The van der Waals surface area contributed by atoms with Crippen LogP contribution < -0.4 is 10.9 Å². The standard InChI is InChI=1S/C23H29N5O2/c1-14(2)21(16-7-9-17(10-8-16)23(4,5)6)25-22(30)18-13-24-28(15(18)3)19-11-12-20(29)27-26-19/h7-14,21H,1-6H3,(H,25,30)(H,27,29). The Hall–Kier alpha value is -3.22. The number of aromatic amines is 1. The van der Waals surface area contributed by atoms with Gasteiger partial charge in [-0.3, -0.25) is 9.59 Å². The summed E-state index contributed by atoms with van der Waals surface area (Å²) in [6.45, 7) is 12.5. The minimum Gasteiger partial charge on any atom is -0.345 e. The van der Waals surface area contributed by atoms with E-state index in [9.17, 15) is 9.59 Å². The molecule has 0 aliphatic heterocycles. The topological polar surface area (TPSA) is 92.7 Å². The third-order valence-corrected chi connectivity index (χ3v) is 5.22. The highest BCUT2D eigenvalue weighted by molar-refractivity contribution is 5.95. The number of H-pyrrole nitrogens is 1. The number of hydrogen-bond donors (Lipinski definition) is 2. The number of nitrogens with one attached hydrogen (secondary N) is 2. The van der Waals surface area contributed by atoms with Gasteiger partial charge in [0.25, 0.3) is 11.5 Å². The van der Waals surface area contributed by atoms with E-state index in [-0.39, 0.29) is 28.8 Å². The first-order valence-electron chi connectivity index (χ1n) is 10.1. The van der Waals surface area contributed by atoms with Gasteiger partial charge in [0.1, 0.15) is 0 Å². The second kappa shape index (κ2) is 8.26. The summed E-state index contributed by atoms with van der Waals surface area (Å²) < 4.78 is 1.54. The summed E-state index contributed by atoms with van der Waals surface area (Å²) in [7, 11) is 0. The molecular formula is C23H29N5O2. The normalized spacial score (nSPS) is 12.8. The van der Waals surface area contributed by atoms with Crippen LogP contribution in [0.2, 0.25) is 0 Å². The van der Waals surface area contributed by atoms with E-state index >= 15 is 0 Å². The molecule has 3 rings (SSSR count). The fourth-order valence-corrected chi connectivity index (χ4v) is 3.36. The molecule has 1 unspecified atom stereocenters. The van der Waals surface area contributed by atoms with E-state index in [0.717, 1.165) is 5.56 Å². The van der Waals surface area contributed by atoms with Crippen molar-refractivity contribution >= 4 is 5.91 Å². The van der Waals surface area contributed by atoms with E-state index in [1.165, 1.54) is 22.5 Å². The van der Waals surface area contributed by atoms with Gasteiger partial charge in [0, 0.05) is 6.07 Å². The van der Waals surface area contributed by atoms with Crippen molar-refractivity contribution < 1.29 is 4.79 Å². The first-order valence-corrected chi connectivity index (χ1v) is 10.1. The first-order chi connectivity index (χ1) is 14.1. The van der Waals surface area contributed by atoms with E-state index in [2.05, 4.69) is 79.5 Å². The molecule has 0 spiro atoms. The van der Waals surface area contributed by atoms with Gasteiger partial charge in [-0.15, -0.1) is 0 Å². The quantitative estimate of drug-likeness (QED) is 0.675. The first kappa shape index (κ1) is 21.5. The van der Waals surface area contributed by atoms with Gasteiger partial charge in [-0.2, -0.15) is 10.2 Å². The van der Waals surface area contributed by atoms with Crippen molar-refractivity contribution in [2.75, 3.05) is 0 Å². The van der Waals surface area contributed by atoms with Crippen molar-refractivity contribution in [2.24, 2.45) is 5.92 Å². The van der Waals surface area contributed by atoms with Gasteiger partial charge < -0.3 is 5.32 Å². The molecule has 2 N–H and O–H groups in total. The average Bonchev–Trinajstić information content (AvgIpc) is 3.07. The molecule has 0 aliphatic rings. The molecule has 30 heavy (non-hydrogen) atoms. The molecule has 0 aliphatic carbocycles. The number of nitrogens with zero attached hydrogens (tertiary/aromatic N) is 3. The summed E-state index contributed by atoms with van der Waals surface area (Å²) in [6.07, 6.45) is 1.53. The Kier molecular flexibility index (Phi) is 5.92. The molecule has 0 saturated heterocycles. The molecule has 0 bridgehead atoms. The number of benzene rings is 1. The van der Waals surface area contributed by atoms with Gasteiger partial charge >= 0.3 is 0 Å². The SMILES string of the molecule is Cc1c(C(=O)NC(c2ccc(C(C)(C)C)cc2)C(C)C)cnn1-c1ccc(=O)[nH]n1. The van der Waals surface area contributed by atoms with E-state index in [1.54, 1.807) is 13.0 Å². The average molecular weight is 408 g/mol. The summed E-state index contributed by atoms with van der Waals surface area (Å²) in [6, 6.07) is 11.2. The lowest BCUT2D eigenvalue weighted by Crippen LogP contribution is -2.32. The summed E-state index contributed by atoms with van der Waals surface area (Å²) >= 11 is 0. The monoisotopic (exact) mass is 407 g/mol. The van der Waals surface area contributed by atoms with Crippen LogP contribution >= 0.6 is 0 Å². The Bertz CT molecular complexity index is 1070. The number of aromatic nitrogens is 4. The van der Waals surface area contributed by atoms with Gasteiger partial charge in [-0.05, 0) is 35.4 Å². The zero-order valence-corrected chi connectivity index (χ0v) is 18.4. The van der Waals surface area contributed by atoms with Crippen LogP contribution in [0.5, 0.6) is 0 Å². The summed E-state index contributed by atoms with van der Waals surface area (Å²) in [5.41, 5.74) is 3.23.